The third-order valence-corrected chi connectivity index (χ3v) is 7.88. The second-order valence-corrected chi connectivity index (χ2v) is 10.7. The smallest absolute Gasteiger partial charge is 0.407 e. The third kappa shape index (κ3) is 4.64. The number of likely N-dealkylation sites (tertiary alicyclic amines) is 1. The summed E-state index contributed by atoms with van der Waals surface area (Å²) < 4.78 is 5.65. The van der Waals surface area contributed by atoms with Gasteiger partial charge in [0.2, 0.25) is 5.91 Å². The summed E-state index contributed by atoms with van der Waals surface area (Å²) in [7, 11) is 0. The minimum Gasteiger partial charge on any atom is -0.481 e. The molecular formula is C28H32N2O5. The average Bonchev–Trinajstić information content (AvgIpc) is 3.48. The Balaban J connectivity index is 1.11. The molecule has 184 valence electrons. The number of alkyl carbamates (subject to hydrolysis) is 1. The van der Waals surface area contributed by atoms with Crippen molar-refractivity contribution >= 4 is 18.0 Å². The fourth-order valence-corrected chi connectivity index (χ4v) is 5.88. The first-order valence-electron chi connectivity index (χ1n) is 12.4. The SMILES string of the molecule is CC(C)(CCC(=O)N1CC[C@@H]2C(C(=O)O)[C@@H]2C1)NC(=O)OCC1c2ccccc2-c2ccccc21. The standard InChI is InChI=1S/C28H32N2O5/c1-28(2,13-11-24(31)30-14-12-21-22(15-30)25(21)26(32)33)29-27(34)35-16-23-19-9-5-3-7-17(19)18-8-4-6-10-20(18)23/h3-10,21-23,25H,11-16H2,1-2H3,(H,29,34)(H,32,33)/t21-,22+,25?/m0/s1. The molecule has 0 bridgehead atoms. The van der Waals surface area contributed by atoms with Crippen LogP contribution in [0.25, 0.3) is 11.1 Å². The Morgan fingerprint density at radius 1 is 1.03 bits per heavy atom. The van der Waals surface area contributed by atoms with Gasteiger partial charge in [0.15, 0.2) is 0 Å². The van der Waals surface area contributed by atoms with E-state index in [1.807, 2.05) is 38.1 Å². The lowest BCUT2D eigenvalue weighted by Gasteiger charge is -2.29. The highest BCUT2D eigenvalue weighted by molar-refractivity contribution is 5.80. The molecule has 2 N–H and O–H groups in total. The summed E-state index contributed by atoms with van der Waals surface area (Å²) in [5, 5.41) is 12.2. The Bertz CT molecular complexity index is 1110. The summed E-state index contributed by atoms with van der Waals surface area (Å²) in [6.45, 7) is 5.16. The van der Waals surface area contributed by atoms with Crippen molar-refractivity contribution in [3.63, 3.8) is 0 Å². The van der Waals surface area contributed by atoms with Crippen molar-refractivity contribution in [2.75, 3.05) is 19.7 Å². The van der Waals surface area contributed by atoms with Crippen molar-refractivity contribution in [1.82, 2.24) is 10.2 Å². The van der Waals surface area contributed by atoms with Gasteiger partial charge in [-0.15, -0.1) is 0 Å². The van der Waals surface area contributed by atoms with Crippen LogP contribution in [0.15, 0.2) is 48.5 Å². The zero-order chi connectivity index (χ0) is 24.7. The van der Waals surface area contributed by atoms with E-state index in [1.54, 1.807) is 4.90 Å². The molecule has 2 aliphatic carbocycles. The first-order valence-corrected chi connectivity index (χ1v) is 12.4. The Morgan fingerprint density at radius 3 is 2.29 bits per heavy atom. The molecule has 1 saturated carbocycles. The quantitative estimate of drug-likeness (QED) is 0.622. The lowest BCUT2D eigenvalue weighted by atomic mass is 9.97. The lowest BCUT2D eigenvalue weighted by Crippen LogP contribution is -2.45. The maximum Gasteiger partial charge on any atom is 0.407 e. The molecule has 3 aliphatic rings. The number of carbonyl (C=O) groups is 3. The molecule has 1 heterocycles. The van der Waals surface area contributed by atoms with Gasteiger partial charge in [-0.1, -0.05) is 48.5 Å². The molecule has 3 atom stereocenters. The van der Waals surface area contributed by atoms with Gasteiger partial charge in [-0.3, -0.25) is 9.59 Å². The fourth-order valence-electron chi connectivity index (χ4n) is 5.88. The van der Waals surface area contributed by atoms with E-state index in [0.717, 1.165) is 17.5 Å². The van der Waals surface area contributed by atoms with E-state index in [1.165, 1.54) is 11.1 Å². The number of piperidine rings is 1. The second kappa shape index (κ2) is 9.02. The van der Waals surface area contributed by atoms with Gasteiger partial charge in [0.25, 0.3) is 0 Å². The first-order chi connectivity index (χ1) is 16.7. The Kier molecular flexibility index (Phi) is 6.03. The zero-order valence-electron chi connectivity index (χ0n) is 20.2. The van der Waals surface area contributed by atoms with Crippen LogP contribution in [0, 0.1) is 17.8 Å². The summed E-state index contributed by atoms with van der Waals surface area (Å²) in [6, 6.07) is 16.4. The van der Waals surface area contributed by atoms with Crippen molar-refractivity contribution in [3.05, 3.63) is 59.7 Å². The van der Waals surface area contributed by atoms with Crippen LogP contribution in [0.2, 0.25) is 0 Å². The predicted molar refractivity (Wildman–Crippen MR) is 131 cm³/mol. The molecule has 2 aromatic carbocycles. The molecule has 0 spiro atoms. The van der Waals surface area contributed by atoms with E-state index in [2.05, 4.69) is 29.6 Å². The van der Waals surface area contributed by atoms with Gasteiger partial charge >= 0.3 is 12.1 Å². The number of nitrogens with one attached hydrogen (secondary N) is 1. The molecule has 0 aromatic heterocycles. The molecule has 35 heavy (non-hydrogen) atoms. The van der Waals surface area contributed by atoms with Crippen molar-refractivity contribution < 1.29 is 24.2 Å². The molecular weight excluding hydrogens is 444 g/mol. The number of amides is 2. The Morgan fingerprint density at radius 2 is 1.66 bits per heavy atom. The van der Waals surface area contributed by atoms with Gasteiger partial charge in [-0.2, -0.15) is 0 Å². The van der Waals surface area contributed by atoms with Crippen LogP contribution in [0.1, 0.15) is 50.2 Å². The van der Waals surface area contributed by atoms with Crippen molar-refractivity contribution in [1.29, 1.82) is 0 Å². The molecule has 2 fully saturated rings. The Labute approximate surface area is 205 Å². The number of fused-ring (bicyclic) bond motifs is 4. The second-order valence-electron chi connectivity index (χ2n) is 10.7. The van der Waals surface area contributed by atoms with Gasteiger partial charge in [0.1, 0.15) is 6.61 Å². The highest BCUT2D eigenvalue weighted by atomic mass is 16.5. The molecule has 0 radical (unpaired) electrons. The molecule has 7 nitrogen and oxygen atoms in total. The highest BCUT2D eigenvalue weighted by Gasteiger charge is 2.57. The normalized spacial score (nSPS) is 22.6. The highest BCUT2D eigenvalue weighted by Crippen LogP contribution is 2.51. The average molecular weight is 477 g/mol. The molecule has 2 amide bonds. The minimum atomic E-state index is -0.747. The molecule has 1 aliphatic heterocycles. The van der Waals surface area contributed by atoms with Crippen LogP contribution in [-0.4, -0.2) is 53.2 Å². The van der Waals surface area contributed by atoms with Crippen LogP contribution < -0.4 is 5.32 Å². The predicted octanol–water partition coefficient (Wildman–Crippen LogP) is 4.26. The van der Waals surface area contributed by atoms with E-state index in [-0.39, 0.29) is 36.2 Å². The number of carbonyl (C=O) groups excluding carboxylic acids is 2. The van der Waals surface area contributed by atoms with Gasteiger partial charge < -0.3 is 20.1 Å². The number of rotatable bonds is 7. The van der Waals surface area contributed by atoms with Crippen molar-refractivity contribution in [3.8, 4) is 11.1 Å². The van der Waals surface area contributed by atoms with Crippen LogP contribution >= 0.6 is 0 Å². The number of ether oxygens (including phenoxy) is 1. The lowest BCUT2D eigenvalue weighted by molar-refractivity contribution is -0.139. The summed E-state index contributed by atoms with van der Waals surface area (Å²) >= 11 is 0. The van der Waals surface area contributed by atoms with Gasteiger partial charge in [-0.05, 0) is 60.8 Å². The number of aliphatic carboxylic acids is 1. The minimum absolute atomic E-state index is 0.00202. The van der Waals surface area contributed by atoms with Gasteiger partial charge in [0.05, 0.1) is 5.92 Å². The summed E-state index contributed by atoms with van der Waals surface area (Å²) in [5.74, 6) is -0.706. The summed E-state index contributed by atoms with van der Waals surface area (Å²) in [4.78, 5) is 38.4. The number of carboxylic acids is 1. The molecule has 5 rings (SSSR count). The van der Waals surface area contributed by atoms with Crippen LogP contribution in [0.4, 0.5) is 4.79 Å². The summed E-state index contributed by atoms with van der Waals surface area (Å²) in [6.07, 6.45) is 1.04. The van der Waals surface area contributed by atoms with Crippen LogP contribution in [0.5, 0.6) is 0 Å². The number of hydrogen-bond donors (Lipinski definition) is 2. The Hall–Kier alpha value is -3.35. The van der Waals surface area contributed by atoms with Crippen molar-refractivity contribution in [2.24, 2.45) is 17.8 Å². The molecule has 1 saturated heterocycles. The first kappa shape index (κ1) is 23.4. The fraction of sp³-hybridized carbons (Fsp3) is 0.464. The van der Waals surface area contributed by atoms with E-state index in [4.69, 9.17) is 4.74 Å². The number of nitrogens with zero attached hydrogens (tertiary/aromatic N) is 1. The van der Waals surface area contributed by atoms with E-state index < -0.39 is 17.6 Å². The zero-order valence-corrected chi connectivity index (χ0v) is 20.2. The van der Waals surface area contributed by atoms with Gasteiger partial charge in [0, 0.05) is 31.0 Å². The summed E-state index contributed by atoms with van der Waals surface area (Å²) in [5.41, 5.74) is 4.08. The van der Waals surface area contributed by atoms with E-state index >= 15 is 0 Å². The maximum atomic E-state index is 12.7. The molecule has 1 unspecified atom stereocenters. The topological polar surface area (TPSA) is 95.9 Å². The maximum absolute atomic E-state index is 12.7. The monoisotopic (exact) mass is 476 g/mol. The van der Waals surface area contributed by atoms with Crippen LogP contribution in [0.3, 0.4) is 0 Å². The van der Waals surface area contributed by atoms with Gasteiger partial charge in [-0.25, -0.2) is 4.79 Å². The van der Waals surface area contributed by atoms with E-state index in [9.17, 15) is 19.5 Å². The molecule has 2 aromatic rings. The number of benzene rings is 2. The van der Waals surface area contributed by atoms with E-state index in [0.29, 0.717) is 25.9 Å². The third-order valence-electron chi connectivity index (χ3n) is 7.88. The molecule has 7 heteroatoms. The number of carboxylic acid groups (broad SMARTS) is 1. The van der Waals surface area contributed by atoms with Crippen LogP contribution in [-0.2, 0) is 14.3 Å². The largest absolute Gasteiger partial charge is 0.481 e. The van der Waals surface area contributed by atoms with Crippen molar-refractivity contribution in [2.45, 2.75) is 44.6 Å². The number of hydrogen-bond acceptors (Lipinski definition) is 4.